The van der Waals surface area contributed by atoms with Crippen LogP contribution in [0.3, 0.4) is 0 Å². The van der Waals surface area contributed by atoms with E-state index in [1.165, 1.54) is 0 Å². The maximum Gasteiger partial charge on any atom is 0.311 e. The topological polar surface area (TPSA) is 116 Å². The molecule has 1 rings (SSSR count). The fourth-order valence-corrected chi connectivity index (χ4v) is 0.894. The molecule has 0 saturated heterocycles. The Morgan fingerprint density at radius 1 is 1.36 bits per heavy atom. The van der Waals surface area contributed by atoms with Crippen LogP contribution >= 0.6 is 0 Å². The summed E-state index contributed by atoms with van der Waals surface area (Å²) in [7, 11) is 0. The number of oxime groups is 1. The summed E-state index contributed by atoms with van der Waals surface area (Å²) in [5.41, 5.74) is -0.630. The van der Waals surface area contributed by atoms with Gasteiger partial charge in [-0.1, -0.05) is 5.16 Å². The van der Waals surface area contributed by atoms with E-state index in [-0.39, 0.29) is 5.56 Å². The van der Waals surface area contributed by atoms with Crippen molar-refractivity contribution in [1.82, 2.24) is 0 Å². The van der Waals surface area contributed by atoms with Crippen molar-refractivity contribution in [3.63, 3.8) is 0 Å². The minimum Gasteiger partial charge on any atom is -0.507 e. The van der Waals surface area contributed by atoms with Crippen molar-refractivity contribution in [3.05, 3.63) is 27.8 Å². The van der Waals surface area contributed by atoms with Gasteiger partial charge in [-0.25, -0.2) is 0 Å². The molecule has 0 aliphatic carbocycles. The molecule has 0 aliphatic rings. The van der Waals surface area contributed by atoms with Crippen LogP contribution in [-0.4, -0.2) is 26.6 Å². The molecule has 7 nitrogen and oxygen atoms in total. The molecule has 0 spiro atoms. The van der Waals surface area contributed by atoms with Crippen molar-refractivity contribution in [2.45, 2.75) is 0 Å². The predicted molar refractivity (Wildman–Crippen MR) is 45.8 cm³/mol. The fourth-order valence-electron chi connectivity index (χ4n) is 0.894. The second-order valence-electron chi connectivity index (χ2n) is 2.40. The molecular formula is C7H6N2O5. The van der Waals surface area contributed by atoms with Crippen LogP contribution in [0.15, 0.2) is 17.3 Å². The Morgan fingerprint density at radius 2 is 2.00 bits per heavy atom. The van der Waals surface area contributed by atoms with Gasteiger partial charge < -0.3 is 15.4 Å². The molecule has 0 aromatic heterocycles. The molecule has 3 N–H and O–H groups in total. The van der Waals surface area contributed by atoms with E-state index in [0.29, 0.717) is 0 Å². The van der Waals surface area contributed by atoms with Gasteiger partial charge in [0, 0.05) is 17.7 Å². The summed E-state index contributed by atoms with van der Waals surface area (Å²) in [6.07, 6.45) is 0.821. The summed E-state index contributed by atoms with van der Waals surface area (Å²) in [6.45, 7) is 0. The maximum atomic E-state index is 10.3. The van der Waals surface area contributed by atoms with E-state index in [9.17, 15) is 10.1 Å². The standard InChI is InChI=1S/C7H6N2O5/c10-6-2-7(11)5(9(13)14)1-4(6)3-8-12/h1-3,10-12H/b8-3-. The van der Waals surface area contributed by atoms with Crippen molar-refractivity contribution in [2.24, 2.45) is 5.16 Å². The third-order valence-electron chi connectivity index (χ3n) is 1.52. The monoisotopic (exact) mass is 198 g/mol. The normalized spacial score (nSPS) is 10.6. The molecule has 1 aromatic rings. The molecule has 0 fully saturated rings. The molecule has 1 aromatic carbocycles. The number of phenols is 2. The molecule has 0 radical (unpaired) electrons. The van der Waals surface area contributed by atoms with Gasteiger partial charge in [-0.15, -0.1) is 0 Å². The summed E-state index contributed by atoms with van der Waals surface area (Å²) in [5, 5.41) is 39.3. The fraction of sp³-hybridized carbons (Fsp3) is 0. The Labute approximate surface area is 77.7 Å². The Kier molecular flexibility index (Phi) is 2.52. The second kappa shape index (κ2) is 3.60. The number of benzene rings is 1. The average molecular weight is 198 g/mol. The zero-order valence-corrected chi connectivity index (χ0v) is 6.78. The zero-order valence-electron chi connectivity index (χ0n) is 6.78. The van der Waals surface area contributed by atoms with Gasteiger partial charge in [0.05, 0.1) is 11.1 Å². The van der Waals surface area contributed by atoms with E-state index in [4.69, 9.17) is 15.4 Å². The predicted octanol–water partition coefficient (Wildman–Crippen LogP) is 0.814. The van der Waals surface area contributed by atoms with Crippen LogP contribution in [0.25, 0.3) is 0 Å². The summed E-state index contributed by atoms with van der Waals surface area (Å²) in [6, 6.07) is 1.69. The van der Waals surface area contributed by atoms with E-state index in [1.54, 1.807) is 0 Å². The SMILES string of the molecule is O=[N+]([O-])c1cc(/C=N\O)c(O)cc1O. The van der Waals surface area contributed by atoms with Gasteiger partial charge in [-0.3, -0.25) is 10.1 Å². The number of phenolic OH excluding ortho intramolecular Hbond substituents is 2. The summed E-state index contributed by atoms with van der Waals surface area (Å²) in [5.74, 6) is -1.06. The first-order valence-electron chi connectivity index (χ1n) is 3.44. The minimum absolute atomic E-state index is 0.0583. The van der Waals surface area contributed by atoms with Crippen molar-refractivity contribution in [3.8, 4) is 11.5 Å². The maximum absolute atomic E-state index is 10.3. The van der Waals surface area contributed by atoms with E-state index in [1.807, 2.05) is 0 Å². The van der Waals surface area contributed by atoms with Gasteiger partial charge in [-0.2, -0.15) is 0 Å². The van der Waals surface area contributed by atoms with Gasteiger partial charge in [-0.05, 0) is 0 Å². The summed E-state index contributed by atoms with van der Waals surface area (Å²) < 4.78 is 0. The largest absolute Gasteiger partial charge is 0.507 e. The third-order valence-corrected chi connectivity index (χ3v) is 1.52. The molecule has 0 aliphatic heterocycles. The summed E-state index contributed by atoms with van der Waals surface area (Å²) in [4.78, 5) is 9.53. The van der Waals surface area contributed by atoms with Crippen LogP contribution in [0, 0.1) is 10.1 Å². The molecule has 7 heteroatoms. The first kappa shape index (κ1) is 9.78. The van der Waals surface area contributed by atoms with E-state index < -0.39 is 22.1 Å². The van der Waals surface area contributed by atoms with Crippen LogP contribution in [0.1, 0.15) is 5.56 Å². The molecule has 0 bridgehead atoms. The number of nitro groups is 1. The molecule has 74 valence electrons. The molecular weight excluding hydrogens is 192 g/mol. The Hall–Kier alpha value is -2.31. The highest BCUT2D eigenvalue weighted by atomic mass is 16.6. The number of hydrogen-bond donors (Lipinski definition) is 3. The first-order valence-corrected chi connectivity index (χ1v) is 3.44. The quantitative estimate of drug-likeness (QED) is 0.281. The van der Waals surface area contributed by atoms with E-state index in [2.05, 4.69) is 5.16 Å². The molecule has 0 heterocycles. The smallest absolute Gasteiger partial charge is 0.311 e. The number of aromatic hydroxyl groups is 2. The lowest BCUT2D eigenvalue weighted by Gasteiger charge is -2.00. The number of nitro benzene ring substituents is 1. The van der Waals surface area contributed by atoms with Crippen LogP contribution in [0.2, 0.25) is 0 Å². The van der Waals surface area contributed by atoms with E-state index in [0.717, 1.165) is 18.3 Å². The van der Waals surface area contributed by atoms with Crippen molar-refractivity contribution < 1.29 is 20.3 Å². The average Bonchev–Trinajstić information content (AvgIpc) is 2.09. The Balaban J connectivity index is 3.34. The molecule has 0 unspecified atom stereocenters. The molecule has 0 amide bonds. The highest BCUT2D eigenvalue weighted by Crippen LogP contribution is 2.31. The number of hydrogen-bond acceptors (Lipinski definition) is 6. The van der Waals surface area contributed by atoms with Crippen molar-refractivity contribution in [1.29, 1.82) is 0 Å². The van der Waals surface area contributed by atoms with Gasteiger partial charge in [0.15, 0.2) is 5.75 Å². The van der Waals surface area contributed by atoms with Gasteiger partial charge in [0.25, 0.3) is 0 Å². The van der Waals surface area contributed by atoms with Gasteiger partial charge in [0.1, 0.15) is 5.75 Å². The van der Waals surface area contributed by atoms with Crippen molar-refractivity contribution >= 4 is 11.9 Å². The Bertz CT molecular complexity index is 401. The summed E-state index contributed by atoms with van der Waals surface area (Å²) >= 11 is 0. The van der Waals surface area contributed by atoms with Crippen LogP contribution in [0.5, 0.6) is 11.5 Å². The van der Waals surface area contributed by atoms with Crippen LogP contribution in [0.4, 0.5) is 5.69 Å². The molecule has 0 atom stereocenters. The van der Waals surface area contributed by atoms with E-state index >= 15 is 0 Å². The lowest BCUT2D eigenvalue weighted by atomic mass is 10.2. The first-order chi connectivity index (χ1) is 6.56. The third kappa shape index (κ3) is 1.71. The van der Waals surface area contributed by atoms with Crippen LogP contribution < -0.4 is 0 Å². The number of nitrogens with zero attached hydrogens (tertiary/aromatic N) is 2. The second-order valence-corrected chi connectivity index (χ2v) is 2.40. The minimum atomic E-state index is -0.816. The number of rotatable bonds is 2. The lowest BCUT2D eigenvalue weighted by Crippen LogP contribution is -1.91. The Morgan fingerprint density at radius 3 is 2.50 bits per heavy atom. The van der Waals surface area contributed by atoms with Gasteiger partial charge in [0.2, 0.25) is 0 Å². The highest BCUT2D eigenvalue weighted by Gasteiger charge is 2.16. The van der Waals surface area contributed by atoms with Crippen molar-refractivity contribution in [2.75, 3.05) is 0 Å². The highest BCUT2D eigenvalue weighted by molar-refractivity contribution is 5.85. The molecule has 14 heavy (non-hydrogen) atoms. The molecule has 0 saturated carbocycles. The lowest BCUT2D eigenvalue weighted by molar-refractivity contribution is -0.385. The van der Waals surface area contributed by atoms with Gasteiger partial charge >= 0.3 is 5.69 Å². The zero-order chi connectivity index (χ0) is 10.7. The van der Waals surface area contributed by atoms with Crippen LogP contribution in [-0.2, 0) is 0 Å².